The van der Waals surface area contributed by atoms with Crippen molar-refractivity contribution >= 4 is 11.0 Å². The summed E-state index contributed by atoms with van der Waals surface area (Å²) < 4.78 is 11.3. The van der Waals surface area contributed by atoms with Gasteiger partial charge in [-0.2, -0.15) is 0 Å². The number of aromatic nitrogens is 1. The Morgan fingerprint density at radius 3 is 2.85 bits per heavy atom. The molecule has 0 atom stereocenters. The van der Waals surface area contributed by atoms with E-state index >= 15 is 0 Å². The minimum atomic E-state index is 0.572. The van der Waals surface area contributed by atoms with Crippen molar-refractivity contribution in [3.8, 4) is 11.6 Å². The van der Waals surface area contributed by atoms with Crippen molar-refractivity contribution < 1.29 is 9.15 Å². The summed E-state index contributed by atoms with van der Waals surface area (Å²) in [5, 5.41) is 0.882. The van der Waals surface area contributed by atoms with Crippen LogP contribution in [-0.4, -0.2) is 24.0 Å². The number of para-hydroxylation sites is 1. The summed E-state index contributed by atoms with van der Waals surface area (Å²) in [4.78, 5) is 6.40. The lowest BCUT2D eigenvalue weighted by Gasteiger charge is -2.14. The number of nitrogens with zero attached hydrogens (tertiary/aromatic N) is 2. The summed E-state index contributed by atoms with van der Waals surface area (Å²) in [7, 11) is 4.07. The van der Waals surface area contributed by atoms with E-state index < -0.39 is 0 Å². The van der Waals surface area contributed by atoms with Crippen molar-refractivity contribution in [2.24, 2.45) is 0 Å². The van der Waals surface area contributed by atoms with Gasteiger partial charge in [0.25, 0.3) is 0 Å². The number of hydrogen-bond donors (Lipinski definition) is 0. The van der Waals surface area contributed by atoms with Crippen molar-refractivity contribution in [3.05, 3.63) is 54.4 Å². The zero-order valence-corrected chi connectivity index (χ0v) is 11.5. The van der Waals surface area contributed by atoms with Crippen LogP contribution in [0.3, 0.4) is 0 Å². The summed E-state index contributed by atoms with van der Waals surface area (Å²) >= 11 is 0. The van der Waals surface area contributed by atoms with Gasteiger partial charge in [0.15, 0.2) is 0 Å². The maximum Gasteiger partial charge on any atom is 0.230 e. The molecule has 0 aliphatic heterocycles. The standard InChI is InChI=1S/C16H16N2O2/c1-18(2)11-12-5-3-4-6-14(12)20-16-13-8-10-19-15(13)7-9-17-16/h3-10H,11H2,1-2H3. The molecule has 0 amide bonds. The van der Waals surface area contributed by atoms with E-state index in [1.165, 1.54) is 0 Å². The average molecular weight is 268 g/mol. The van der Waals surface area contributed by atoms with Gasteiger partial charge in [-0.15, -0.1) is 0 Å². The molecule has 20 heavy (non-hydrogen) atoms. The van der Waals surface area contributed by atoms with Crippen LogP contribution < -0.4 is 4.74 Å². The lowest BCUT2D eigenvalue weighted by Crippen LogP contribution is -2.11. The Morgan fingerprint density at radius 2 is 2.00 bits per heavy atom. The van der Waals surface area contributed by atoms with Crippen LogP contribution in [0.4, 0.5) is 0 Å². The molecule has 0 saturated heterocycles. The first-order valence-corrected chi connectivity index (χ1v) is 6.47. The molecule has 0 aliphatic carbocycles. The zero-order chi connectivity index (χ0) is 13.9. The van der Waals surface area contributed by atoms with Gasteiger partial charge in [-0.05, 0) is 32.3 Å². The topological polar surface area (TPSA) is 38.5 Å². The molecular formula is C16H16N2O2. The average Bonchev–Trinajstić information content (AvgIpc) is 2.90. The van der Waals surface area contributed by atoms with E-state index in [0.29, 0.717) is 5.88 Å². The highest BCUT2D eigenvalue weighted by Crippen LogP contribution is 2.30. The molecule has 3 aromatic rings. The molecule has 2 aromatic heterocycles. The molecule has 0 N–H and O–H groups in total. The Kier molecular flexibility index (Phi) is 3.39. The first-order chi connectivity index (χ1) is 9.74. The third kappa shape index (κ3) is 2.51. The second-order valence-corrected chi connectivity index (χ2v) is 4.90. The molecule has 2 heterocycles. The minimum absolute atomic E-state index is 0.572. The van der Waals surface area contributed by atoms with Crippen LogP contribution in [0.1, 0.15) is 5.56 Å². The molecule has 4 heteroatoms. The highest BCUT2D eigenvalue weighted by atomic mass is 16.5. The lowest BCUT2D eigenvalue weighted by molar-refractivity contribution is 0.387. The smallest absolute Gasteiger partial charge is 0.230 e. The maximum absolute atomic E-state index is 5.98. The molecular weight excluding hydrogens is 252 g/mol. The van der Waals surface area contributed by atoms with Crippen LogP contribution in [0, 0.1) is 0 Å². The lowest BCUT2D eigenvalue weighted by atomic mass is 10.2. The molecule has 0 fully saturated rings. The van der Waals surface area contributed by atoms with Crippen LogP contribution >= 0.6 is 0 Å². The van der Waals surface area contributed by atoms with E-state index in [0.717, 1.165) is 28.8 Å². The van der Waals surface area contributed by atoms with Gasteiger partial charge in [0.1, 0.15) is 11.3 Å². The molecule has 102 valence electrons. The van der Waals surface area contributed by atoms with E-state index in [1.807, 2.05) is 44.4 Å². The normalized spacial score (nSPS) is 11.2. The second-order valence-electron chi connectivity index (χ2n) is 4.90. The monoisotopic (exact) mass is 268 g/mol. The quantitative estimate of drug-likeness (QED) is 0.723. The van der Waals surface area contributed by atoms with Crippen LogP contribution in [0.15, 0.2) is 53.3 Å². The summed E-state index contributed by atoms with van der Waals surface area (Å²) in [6.07, 6.45) is 3.33. The zero-order valence-electron chi connectivity index (χ0n) is 11.5. The van der Waals surface area contributed by atoms with Gasteiger partial charge in [-0.3, -0.25) is 0 Å². The number of fused-ring (bicyclic) bond motifs is 1. The summed E-state index contributed by atoms with van der Waals surface area (Å²) in [6, 6.07) is 11.7. The van der Waals surface area contributed by atoms with Gasteiger partial charge in [0.05, 0.1) is 11.6 Å². The first-order valence-electron chi connectivity index (χ1n) is 6.47. The predicted molar refractivity (Wildman–Crippen MR) is 77.9 cm³/mol. The van der Waals surface area contributed by atoms with Crippen molar-refractivity contribution in [1.29, 1.82) is 0 Å². The molecule has 1 aromatic carbocycles. The highest BCUT2D eigenvalue weighted by Gasteiger charge is 2.10. The number of ether oxygens (including phenoxy) is 1. The SMILES string of the molecule is CN(C)Cc1ccccc1Oc1nccc2occc12. The van der Waals surface area contributed by atoms with E-state index in [9.17, 15) is 0 Å². The Bertz CT molecular complexity index is 719. The third-order valence-corrected chi connectivity index (χ3v) is 3.01. The fourth-order valence-corrected chi connectivity index (χ4v) is 2.13. The van der Waals surface area contributed by atoms with E-state index in [1.54, 1.807) is 12.5 Å². The molecule has 0 radical (unpaired) electrons. The van der Waals surface area contributed by atoms with Crippen molar-refractivity contribution in [2.75, 3.05) is 14.1 Å². The Labute approximate surface area is 117 Å². The summed E-state index contributed by atoms with van der Waals surface area (Å²) in [5.74, 6) is 1.39. The van der Waals surface area contributed by atoms with Gasteiger partial charge in [-0.1, -0.05) is 18.2 Å². The Balaban J connectivity index is 1.97. The van der Waals surface area contributed by atoms with Crippen LogP contribution in [-0.2, 0) is 6.54 Å². The van der Waals surface area contributed by atoms with Crippen molar-refractivity contribution in [1.82, 2.24) is 9.88 Å². The molecule has 0 bridgehead atoms. The number of furan rings is 1. The van der Waals surface area contributed by atoms with Gasteiger partial charge in [0.2, 0.25) is 5.88 Å². The number of hydrogen-bond acceptors (Lipinski definition) is 4. The second kappa shape index (κ2) is 5.35. The molecule has 0 saturated carbocycles. The van der Waals surface area contributed by atoms with Gasteiger partial charge >= 0.3 is 0 Å². The van der Waals surface area contributed by atoms with Gasteiger partial charge in [-0.25, -0.2) is 4.98 Å². The predicted octanol–water partition coefficient (Wildman–Crippen LogP) is 3.68. The fourth-order valence-electron chi connectivity index (χ4n) is 2.13. The van der Waals surface area contributed by atoms with Crippen LogP contribution in [0.25, 0.3) is 11.0 Å². The Morgan fingerprint density at radius 1 is 1.15 bits per heavy atom. The molecule has 4 nitrogen and oxygen atoms in total. The highest BCUT2D eigenvalue weighted by molar-refractivity contribution is 5.82. The van der Waals surface area contributed by atoms with E-state index in [4.69, 9.17) is 9.15 Å². The van der Waals surface area contributed by atoms with Gasteiger partial charge < -0.3 is 14.1 Å². The van der Waals surface area contributed by atoms with E-state index in [2.05, 4.69) is 16.0 Å². The van der Waals surface area contributed by atoms with E-state index in [-0.39, 0.29) is 0 Å². The number of benzene rings is 1. The van der Waals surface area contributed by atoms with Crippen LogP contribution in [0.2, 0.25) is 0 Å². The minimum Gasteiger partial charge on any atom is -0.464 e. The van der Waals surface area contributed by atoms with Crippen LogP contribution in [0.5, 0.6) is 11.6 Å². The van der Waals surface area contributed by atoms with Gasteiger partial charge in [0, 0.05) is 18.3 Å². The Hall–Kier alpha value is -2.33. The number of rotatable bonds is 4. The third-order valence-electron chi connectivity index (χ3n) is 3.01. The van der Waals surface area contributed by atoms with Crippen molar-refractivity contribution in [3.63, 3.8) is 0 Å². The number of pyridine rings is 1. The maximum atomic E-state index is 5.98. The summed E-state index contributed by atoms with van der Waals surface area (Å²) in [5.41, 5.74) is 1.90. The molecule has 3 rings (SSSR count). The molecule has 0 aliphatic rings. The largest absolute Gasteiger partial charge is 0.464 e. The molecule has 0 spiro atoms. The molecule has 0 unspecified atom stereocenters. The first kappa shape index (κ1) is 12.7. The summed E-state index contributed by atoms with van der Waals surface area (Å²) in [6.45, 7) is 0.817. The van der Waals surface area contributed by atoms with Crippen molar-refractivity contribution in [2.45, 2.75) is 6.54 Å². The fraction of sp³-hybridized carbons (Fsp3) is 0.188.